The molecule has 84 valence electrons. The Balaban J connectivity index is 3.43. The van der Waals surface area contributed by atoms with Gasteiger partial charge in [-0.3, -0.25) is 0 Å². The van der Waals surface area contributed by atoms with E-state index < -0.39 is 11.9 Å². The molecule has 1 aromatic carbocycles. The second-order valence-electron chi connectivity index (χ2n) is 3.23. The summed E-state index contributed by atoms with van der Waals surface area (Å²) < 4.78 is 19.2. The van der Waals surface area contributed by atoms with Gasteiger partial charge in [-0.25, -0.2) is 4.39 Å². The summed E-state index contributed by atoms with van der Waals surface area (Å²) in [5, 5.41) is 8.95. The zero-order valence-corrected chi connectivity index (χ0v) is 10.1. The van der Waals surface area contributed by atoms with Gasteiger partial charge in [0.1, 0.15) is 11.6 Å². The molecule has 15 heavy (non-hydrogen) atoms. The lowest BCUT2D eigenvalue weighted by Crippen LogP contribution is -2.18. The number of methoxy groups -OCH3 is 1. The fourth-order valence-corrected chi connectivity index (χ4v) is 2.01. The molecule has 0 amide bonds. The number of nitrogens with two attached hydrogens (primary N) is 1. The number of halogens is 2. The lowest BCUT2D eigenvalue weighted by molar-refractivity contribution is 0.261. The summed E-state index contributed by atoms with van der Waals surface area (Å²) in [5.74, 6) is -0.101. The summed E-state index contributed by atoms with van der Waals surface area (Å²) in [6, 6.07) is 0.832. The third kappa shape index (κ3) is 2.30. The molecule has 3 N–H and O–H groups in total. The summed E-state index contributed by atoms with van der Waals surface area (Å²) in [4.78, 5) is 0. The largest absolute Gasteiger partial charge is 0.496 e. The SMILES string of the molecule is COc1c(C)cc(Br)c(F)c1C(N)CO. The minimum Gasteiger partial charge on any atom is -0.496 e. The van der Waals surface area contributed by atoms with E-state index in [2.05, 4.69) is 15.9 Å². The van der Waals surface area contributed by atoms with Gasteiger partial charge >= 0.3 is 0 Å². The normalized spacial score (nSPS) is 12.7. The van der Waals surface area contributed by atoms with E-state index in [0.29, 0.717) is 10.2 Å². The van der Waals surface area contributed by atoms with Crippen LogP contribution in [0.5, 0.6) is 5.75 Å². The van der Waals surface area contributed by atoms with Crippen molar-refractivity contribution in [1.29, 1.82) is 0 Å². The number of aliphatic hydroxyl groups excluding tert-OH is 1. The molecule has 0 aromatic heterocycles. The Morgan fingerprint density at radius 1 is 1.67 bits per heavy atom. The number of hydrogen-bond donors (Lipinski definition) is 2. The van der Waals surface area contributed by atoms with Crippen LogP contribution in [0.4, 0.5) is 4.39 Å². The molecular weight excluding hydrogens is 265 g/mol. The van der Waals surface area contributed by atoms with Gasteiger partial charge < -0.3 is 15.6 Å². The van der Waals surface area contributed by atoms with Crippen LogP contribution in [-0.2, 0) is 0 Å². The average molecular weight is 278 g/mol. The first-order valence-corrected chi connectivity index (χ1v) is 5.21. The van der Waals surface area contributed by atoms with Gasteiger partial charge in [-0.2, -0.15) is 0 Å². The van der Waals surface area contributed by atoms with E-state index in [0.717, 1.165) is 5.56 Å². The molecule has 0 spiro atoms. The minimum absolute atomic E-state index is 0.201. The zero-order valence-electron chi connectivity index (χ0n) is 8.55. The Kier molecular flexibility index (Phi) is 4.07. The molecule has 0 aliphatic heterocycles. The molecule has 5 heteroatoms. The molecule has 0 radical (unpaired) electrons. The second-order valence-corrected chi connectivity index (χ2v) is 4.08. The Bertz CT molecular complexity index is 371. The predicted molar refractivity (Wildman–Crippen MR) is 59.4 cm³/mol. The number of rotatable bonds is 3. The van der Waals surface area contributed by atoms with Crippen molar-refractivity contribution in [2.24, 2.45) is 5.73 Å². The first-order chi connectivity index (χ1) is 7.02. The van der Waals surface area contributed by atoms with Crippen LogP contribution in [0.2, 0.25) is 0 Å². The van der Waals surface area contributed by atoms with E-state index in [1.807, 2.05) is 0 Å². The van der Waals surface area contributed by atoms with E-state index in [9.17, 15) is 4.39 Å². The van der Waals surface area contributed by atoms with Gasteiger partial charge in [0.05, 0.1) is 29.8 Å². The highest BCUT2D eigenvalue weighted by Gasteiger charge is 2.20. The topological polar surface area (TPSA) is 55.5 Å². The Labute approximate surface area is 96.2 Å². The smallest absolute Gasteiger partial charge is 0.145 e. The van der Waals surface area contributed by atoms with Crippen molar-refractivity contribution in [3.05, 3.63) is 27.5 Å². The number of benzene rings is 1. The standard InChI is InChI=1S/C10H13BrFNO2/c1-5-3-6(11)9(12)8(7(13)4-14)10(5)15-2/h3,7,14H,4,13H2,1-2H3. The fraction of sp³-hybridized carbons (Fsp3) is 0.400. The zero-order chi connectivity index (χ0) is 11.6. The monoisotopic (exact) mass is 277 g/mol. The summed E-state index contributed by atoms with van der Waals surface area (Å²) in [6.07, 6.45) is 0. The van der Waals surface area contributed by atoms with Gasteiger partial charge in [-0.1, -0.05) is 0 Å². The van der Waals surface area contributed by atoms with Crippen molar-refractivity contribution in [2.75, 3.05) is 13.7 Å². The second kappa shape index (κ2) is 4.92. The van der Waals surface area contributed by atoms with Crippen LogP contribution in [0.1, 0.15) is 17.2 Å². The minimum atomic E-state index is -0.781. The van der Waals surface area contributed by atoms with Crippen LogP contribution in [0, 0.1) is 12.7 Å². The van der Waals surface area contributed by atoms with Gasteiger partial charge in [0.15, 0.2) is 0 Å². The van der Waals surface area contributed by atoms with E-state index in [-0.39, 0.29) is 12.2 Å². The highest BCUT2D eigenvalue weighted by Crippen LogP contribution is 2.34. The molecule has 3 nitrogen and oxygen atoms in total. The summed E-state index contributed by atoms with van der Waals surface area (Å²) in [5.41, 5.74) is 6.59. The van der Waals surface area contributed by atoms with Gasteiger partial charge in [0, 0.05) is 0 Å². The number of ether oxygens (including phenoxy) is 1. The van der Waals surface area contributed by atoms with E-state index in [4.69, 9.17) is 15.6 Å². The lowest BCUT2D eigenvalue weighted by atomic mass is 10.0. The van der Waals surface area contributed by atoms with Gasteiger partial charge in [-0.05, 0) is 34.5 Å². The summed E-state index contributed by atoms with van der Waals surface area (Å²) >= 11 is 3.09. The van der Waals surface area contributed by atoms with Gasteiger partial charge in [0.2, 0.25) is 0 Å². The first-order valence-electron chi connectivity index (χ1n) is 4.41. The Morgan fingerprint density at radius 3 is 2.73 bits per heavy atom. The molecule has 0 saturated heterocycles. The van der Waals surface area contributed by atoms with Gasteiger partial charge in [0.25, 0.3) is 0 Å². The van der Waals surface area contributed by atoms with E-state index >= 15 is 0 Å². The number of hydrogen-bond acceptors (Lipinski definition) is 3. The lowest BCUT2D eigenvalue weighted by Gasteiger charge is -2.17. The molecule has 1 aromatic rings. The van der Waals surface area contributed by atoms with Crippen molar-refractivity contribution >= 4 is 15.9 Å². The van der Waals surface area contributed by atoms with Crippen molar-refractivity contribution in [3.63, 3.8) is 0 Å². The maximum absolute atomic E-state index is 13.7. The van der Waals surface area contributed by atoms with Crippen LogP contribution in [0.15, 0.2) is 10.5 Å². The van der Waals surface area contributed by atoms with Crippen LogP contribution < -0.4 is 10.5 Å². The molecule has 1 rings (SSSR count). The van der Waals surface area contributed by atoms with Crippen molar-refractivity contribution in [2.45, 2.75) is 13.0 Å². The van der Waals surface area contributed by atoms with Crippen molar-refractivity contribution < 1.29 is 14.2 Å². The van der Waals surface area contributed by atoms with Crippen molar-refractivity contribution in [3.8, 4) is 5.75 Å². The maximum Gasteiger partial charge on any atom is 0.145 e. The molecule has 0 saturated carbocycles. The maximum atomic E-state index is 13.7. The molecule has 1 unspecified atom stereocenters. The fourth-order valence-electron chi connectivity index (χ4n) is 1.45. The van der Waals surface area contributed by atoms with E-state index in [1.54, 1.807) is 13.0 Å². The first kappa shape index (κ1) is 12.4. The van der Waals surface area contributed by atoms with Crippen LogP contribution in [-0.4, -0.2) is 18.8 Å². The predicted octanol–water partition coefficient (Wildman–Crippen LogP) is 1.90. The van der Waals surface area contributed by atoms with Crippen LogP contribution >= 0.6 is 15.9 Å². The average Bonchev–Trinajstić information content (AvgIpc) is 2.21. The van der Waals surface area contributed by atoms with Crippen LogP contribution in [0.3, 0.4) is 0 Å². The number of aliphatic hydroxyl groups is 1. The molecular formula is C10H13BrFNO2. The molecule has 1 atom stereocenters. The Morgan fingerprint density at radius 2 is 2.27 bits per heavy atom. The van der Waals surface area contributed by atoms with Crippen molar-refractivity contribution in [1.82, 2.24) is 0 Å². The third-order valence-electron chi connectivity index (χ3n) is 2.16. The van der Waals surface area contributed by atoms with Crippen LogP contribution in [0.25, 0.3) is 0 Å². The molecule has 0 bridgehead atoms. The summed E-state index contributed by atoms with van der Waals surface area (Å²) in [6.45, 7) is 1.46. The number of aryl methyl sites for hydroxylation is 1. The third-order valence-corrected chi connectivity index (χ3v) is 2.74. The highest BCUT2D eigenvalue weighted by molar-refractivity contribution is 9.10. The molecule has 0 fully saturated rings. The molecule has 0 heterocycles. The Hall–Kier alpha value is -0.650. The molecule has 0 aliphatic carbocycles. The summed E-state index contributed by atoms with van der Waals surface area (Å²) in [7, 11) is 1.45. The molecule has 0 aliphatic rings. The van der Waals surface area contributed by atoms with Gasteiger partial charge in [-0.15, -0.1) is 0 Å². The highest BCUT2D eigenvalue weighted by atomic mass is 79.9. The quantitative estimate of drug-likeness (QED) is 0.887. The van der Waals surface area contributed by atoms with E-state index in [1.165, 1.54) is 7.11 Å².